The van der Waals surface area contributed by atoms with E-state index >= 15 is 0 Å². The fourth-order valence-electron chi connectivity index (χ4n) is 2.34. The molecule has 29 heavy (non-hydrogen) atoms. The van der Waals surface area contributed by atoms with E-state index in [-0.39, 0.29) is 24.4 Å². The minimum absolute atomic E-state index is 0.0467. The summed E-state index contributed by atoms with van der Waals surface area (Å²) in [6, 6.07) is 11.2. The van der Waals surface area contributed by atoms with Crippen molar-refractivity contribution in [3.05, 3.63) is 78.9 Å². The van der Waals surface area contributed by atoms with E-state index in [1.165, 1.54) is 18.2 Å². The van der Waals surface area contributed by atoms with Crippen LogP contribution in [-0.2, 0) is 27.3 Å². The van der Waals surface area contributed by atoms with Crippen LogP contribution in [0.15, 0.2) is 36.4 Å². The van der Waals surface area contributed by atoms with Crippen LogP contribution in [0, 0.1) is 45.4 Å². The summed E-state index contributed by atoms with van der Waals surface area (Å²) in [6.07, 6.45) is 1.15. The highest BCUT2D eigenvalue weighted by atomic mass is 32.2. The molecule has 0 bridgehead atoms. The first kappa shape index (κ1) is 23.7. The monoisotopic (exact) mass is 421 g/mol. The average Bonchev–Trinajstić information content (AvgIpc) is 2.62. The minimum Gasteiger partial charge on any atom is -0.265 e. The zero-order chi connectivity index (χ0) is 22.2. The van der Waals surface area contributed by atoms with Crippen LogP contribution >= 0.6 is 0 Å². The molecule has 0 atom stereocenters. The maximum atomic E-state index is 10.8. The van der Waals surface area contributed by atoms with Crippen LogP contribution in [0.5, 0.6) is 0 Å². The zero-order valence-corrected chi connectivity index (χ0v) is 16.8. The molecular formula is C18H19N3O7S. The Morgan fingerprint density at radius 2 is 1.41 bits per heavy atom. The van der Waals surface area contributed by atoms with Crippen molar-refractivity contribution in [3.8, 4) is 6.07 Å². The first-order valence-electron chi connectivity index (χ1n) is 8.15. The van der Waals surface area contributed by atoms with E-state index < -0.39 is 20.0 Å². The van der Waals surface area contributed by atoms with Crippen LogP contribution < -0.4 is 0 Å². The van der Waals surface area contributed by atoms with Gasteiger partial charge in [-0.15, -0.1) is 0 Å². The predicted octanol–water partition coefficient (Wildman–Crippen LogP) is 3.35. The number of rotatable bonds is 6. The molecule has 0 saturated heterocycles. The summed E-state index contributed by atoms with van der Waals surface area (Å²) in [6.45, 7) is 3.02. The fraction of sp³-hybridized carbons (Fsp3) is 0.278. The Labute approximate surface area is 167 Å². The van der Waals surface area contributed by atoms with Crippen molar-refractivity contribution >= 4 is 21.5 Å². The van der Waals surface area contributed by atoms with Crippen molar-refractivity contribution in [3.63, 3.8) is 0 Å². The van der Waals surface area contributed by atoms with Gasteiger partial charge in [0, 0.05) is 23.3 Å². The first-order chi connectivity index (χ1) is 13.5. The quantitative estimate of drug-likeness (QED) is 0.391. The molecule has 0 aromatic heterocycles. The number of hydrogen-bond acceptors (Lipinski definition) is 8. The third-order valence-corrected chi connectivity index (χ3v) is 4.47. The first-order valence-corrected chi connectivity index (χ1v) is 9.96. The number of nitro benzene ring substituents is 2. The number of nitro groups is 2. The van der Waals surface area contributed by atoms with Gasteiger partial charge in [-0.05, 0) is 25.0 Å². The molecule has 2 aromatic rings. The standard InChI is InChI=1S/C9H8N2O2.C9H11NO5S/c1-7-8(5-6-10)3-2-4-9(7)11(12)13;1-7-8(6-15-16(2,13)14)4-3-5-9(7)10(11)12/h2-4H,5H2,1H3;3-5H,6H2,1-2H3. The van der Waals surface area contributed by atoms with Crippen LogP contribution in [0.25, 0.3) is 0 Å². The van der Waals surface area contributed by atoms with Crippen molar-refractivity contribution in [1.29, 1.82) is 5.26 Å². The second kappa shape index (κ2) is 10.3. The van der Waals surface area contributed by atoms with Crippen LogP contribution in [-0.4, -0.2) is 24.5 Å². The Hall–Kier alpha value is -3.36. The summed E-state index contributed by atoms with van der Waals surface area (Å²) < 4.78 is 26.1. The molecule has 0 amide bonds. The second-order valence-corrected chi connectivity index (χ2v) is 7.58. The molecule has 11 heteroatoms. The van der Waals surface area contributed by atoms with E-state index in [9.17, 15) is 28.6 Å². The van der Waals surface area contributed by atoms with Gasteiger partial charge < -0.3 is 0 Å². The summed E-state index contributed by atoms with van der Waals surface area (Å²) in [7, 11) is -3.54. The molecule has 0 fully saturated rings. The molecule has 10 nitrogen and oxygen atoms in total. The van der Waals surface area contributed by atoms with Crippen LogP contribution in [0.3, 0.4) is 0 Å². The normalized spacial score (nSPS) is 10.4. The van der Waals surface area contributed by atoms with Gasteiger partial charge in [0.05, 0.1) is 35.2 Å². The van der Waals surface area contributed by atoms with Crippen molar-refractivity contribution in [2.75, 3.05) is 6.26 Å². The summed E-state index contributed by atoms with van der Waals surface area (Å²) in [4.78, 5) is 20.2. The van der Waals surface area contributed by atoms with Gasteiger partial charge in [-0.2, -0.15) is 13.7 Å². The SMILES string of the molecule is Cc1c(CC#N)cccc1[N+](=O)[O-].Cc1c(COS(C)(=O)=O)cccc1[N+](=O)[O-]. The van der Waals surface area contributed by atoms with E-state index in [0.29, 0.717) is 16.7 Å². The van der Waals surface area contributed by atoms with Crippen molar-refractivity contribution < 1.29 is 22.4 Å². The van der Waals surface area contributed by atoms with E-state index in [0.717, 1.165) is 11.8 Å². The fourth-order valence-corrected chi connectivity index (χ4v) is 2.68. The number of hydrogen-bond donors (Lipinski definition) is 0. The summed E-state index contributed by atoms with van der Waals surface area (Å²) in [5.74, 6) is 0. The Bertz CT molecular complexity index is 1060. The van der Waals surface area contributed by atoms with Crippen LogP contribution in [0.4, 0.5) is 11.4 Å². The maximum Gasteiger partial charge on any atom is 0.272 e. The van der Waals surface area contributed by atoms with Crippen LogP contribution in [0.2, 0.25) is 0 Å². The molecule has 0 saturated carbocycles. The van der Waals surface area contributed by atoms with Gasteiger partial charge in [-0.25, -0.2) is 0 Å². The molecule has 0 N–H and O–H groups in total. The van der Waals surface area contributed by atoms with Gasteiger partial charge in [-0.3, -0.25) is 24.4 Å². The molecular weight excluding hydrogens is 402 g/mol. The molecule has 0 spiro atoms. The number of nitrogens with zero attached hydrogens (tertiary/aromatic N) is 3. The summed E-state index contributed by atoms with van der Waals surface area (Å²) >= 11 is 0. The van der Waals surface area contributed by atoms with E-state index in [1.54, 1.807) is 32.0 Å². The van der Waals surface area contributed by atoms with Gasteiger partial charge >= 0.3 is 0 Å². The lowest BCUT2D eigenvalue weighted by molar-refractivity contribution is -0.385. The largest absolute Gasteiger partial charge is 0.272 e. The second-order valence-electron chi connectivity index (χ2n) is 5.94. The zero-order valence-electron chi connectivity index (χ0n) is 16.0. The van der Waals surface area contributed by atoms with E-state index in [2.05, 4.69) is 4.18 Å². The van der Waals surface area contributed by atoms with Gasteiger partial charge in [0.1, 0.15) is 0 Å². The topological polar surface area (TPSA) is 153 Å². The molecule has 0 unspecified atom stereocenters. The Morgan fingerprint density at radius 1 is 0.966 bits per heavy atom. The Kier molecular flexibility index (Phi) is 8.38. The molecule has 2 rings (SSSR count). The highest BCUT2D eigenvalue weighted by Gasteiger charge is 2.14. The minimum atomic E-state index is -3.54. The van der Waals surface area contributed by atoms with Crippen molar-refractivity contribution in [2.45, 2.75) is 26.9 Å². The van der Waals surface area contributed by atoms with Crippen molar-refractivity contribution in [2.24, 2.45) is 0 Å². The van der Waals surface area contributed by atoms with Gasteiger partial charge in [0.15, 0.2) is 0 Å². The molecule has 0 aliphatic rings. The van der Waals surface area contributed by atoms with Crippen LogP contribution in [0.1, 0.15) is 22.3 Å². The Morgan fingerprint density at radius 3 is 1.83 bits per heavy atom. The highest BCUT2D eigenvalue weighted by molar-refractivity contribution is 7.85. The van der Waals surface area contributed by atoms with Gasteiger partial charge in [0.2, 0.25) is 0 Å². The van der Waals surface area contributed by atoms with Crippen molar-refractivity contribution in [1.82, 2.24) is 0 Å². The van der Waals surface area contributed by atoms with Gasteiger partial charge in [0.25, 0.3) is 21.5 Å². The summed E-state index contributed by atoms with van der Waals surface area (Å²) in [5.41, 5.74) is 2.23. The molecule has 154 valence electrons. The third-order valence-electron chi connectivity index (χ3n) is 3.93. The van der Waals surface area contributed by atoms with E-state index in [1.807, 2.05) is 6.07 Å². The lowest BCUT2D eigenvalue weighted by Crippen LogP contribution is -2.04. The lowest BCUT2D eigenvalue weighted by Gasteiger charge is -2.05. The molecule has 0 aliphatic carbocycles. The highest BCUT2D eigenvalue weighted by Crippen LogP contribution is 2.22. The van der Waals surface area contributed by atoms with E-state index in [4.69, 9.17) is 5.26 Å². The molecule has 0 heterocycles. The smallest absolute Gasteiger partial charge is 0.265 e. The Balaban J connectivity index is 0.000000296. The maximum absolute atomic E-state index is 10.8. The number of benzene rings is 2. The summed E-state index contributed by atoms with van der Waals surface area (Å²) in [5, 5.41) is 29.6. The van der Waals surface area contributed by atoms with Gasteiger partial charge in [-0.1, -0.05) is 24.3 Å². The number of nitriles is 1. The predicted molar refractivity (Wildman–Crippen MR) is 105 cm³/mol. The average molecular weight is 421 g/mol. The molecule has 0 radical (unpaired) electrons. The molecule has 2 aromatic carbocycles. The third kappa shape index (κ3) is 7.28. The molecule has 0 aliphatic heterocycles. The lowest BCUT2D eigenvalue weighted by atomic mass is 10.0.